The molecule has 2 aromatic carbocycles. The lowest BCUT2D eigenvalue weighted by molar-refractivity contribution is -0.153. The summed E-state index contributed by atoms with van der Waals surface area (Å²) >= 11 is 0. The van der Waals surface area contributed by atoms with Crippen LogP contribution < -0.4 is 19.5 Å². The van der Waals surface area contributed by atoms with Crippen LogP contribution in [0.15, 0.2) is 42.5 Å². The SMILES string of the molecule is Cc1ccc(OC(C)C(=O)OCC(=O)Nc2ccc3c(c2)OCCO3)cc1. The van der Waals surface area contributed by atoms with Gasteiger partial charge in [0.2, 0.25) is 0 Å². The van der Waals surface area contributed by atoms with Gasteiger partial charge in [-0.3, -0.25) is 4.79 Å². The number of hydrogen-bond donors (Lipinski definition) is 1. The molecule has 0 aliphatic carbocycles. The number of benzene rings is 2. The van der Waals surface area contributed by atoms with Gasteiger partial charge in [-0.1, -0.05) is 17.7 Å². The molecule has 7 heteroatoms. The Labute approximate surface area is 157 Å². The van der Waals surface area contributed by atoms with Gasteiger partial charge < -0.3 is 24.3 Å². The number of ether oxygens (including phenoxy) is 4. The molecular formula is C20H21NO6. The van der Waals surface area contributed by atoms with Gasteiger partial charge in [-0.25, -0.2) is 4.79 Å². The van der Waals surface area contributed by atoms with E-state index in [2.05, 4.69) is 5.32 Å². The molecule has 1 unspecified atom stereocenters. The molecule has 1 amide bonds. The summed E-state index contributed by atoms with van der Waals surface area (Å²) < 4.78 is 21.4. The van der Waals surface area contributed by atoms with E-state index in [1.165, 1.54) is 0 Å². The summed E-state index contributed by atoms with van der Waals surface area (Å²) in [6, 6.07) is 12.4. The van der Waals surface area contributed by atoms with E-state index in [1.807, 2.05) is 19.1 Å². The van der Waals surface area contributed by atoms with Gasteiger partial charge in [0, 0.05) is 11.8 Å². The molecule has 27 heavy (non-hydrogen) atoms. The first-order valence-corrected chi connectivity index (χ1v) is 8.61. The van der Waals surface area contributed by atoms with E-state index >= 15 is 0 Å². The summed E-state index contributed by atoms with van der Waals surface area (Å²) in [4.78, 5) is 24.0. The van der Waals surface area contributed by atoms with Gasteiger partial charge in [-0.15, -0.1) is 0 Å². The number of carbonyl (C=O) groups excluding carboxylic acids is 2. The van der Waals surface area contributed by atoms with E-state index < -0.39 is 24.6 Å². The third-order valence-electron chi connectivity index (χ3n) is 3.84. The largest absolute Gasteiger partial charge is 0.486 e. The lowest BCUT2D eigenvalue weighted by atomic mass is 10.2. The van der Waals surface area contributed by atoms with Crippen LogP contribution in [-0.2, 0) is 14.3 Å². The van der Waals surface area contributed by atoms with E-state index in [0.29, 0.717) is 36.1 Å². The fraction of sp³-hybridized carbons (Fsp3) is 0.300. The summed E-state index contributed by atoms with van der Waals surface area (Å²) in [5.41, 5.74) is 1.62. The number of hydrogen-bond acceptors (Lipinski definition) is 6. The Morgan fingerprint density at radius 3 is 2.52 bits per heavy atom. The Balaban J connectivity index is 1.46. The van der Waals surface area contributed by atoms with Crippen LogP contribution in [-0.4, -0.2) is 37.8 Å². The average molecular weight is 371 g/mol. The van der Waals surface area contributed by atoms with E-state index in [4.69, 9.17) is 18.9 Å². The first kappa shape index (κ1) is 18.6. The number of carbonyl (C=O) groups is 2. The van der Waals surface area contributed by atoms with Crippen molar-refractivity contribution in [3.8, 4) is 17.2 Å². The fourth-order valence-electron chi connectivity index (χ4n) is 2.44. The summed E-state index contributed by atoms with van der Waals surface area (Å²) in [7, 11) is 0. The highest BCUT2D eigenvalue weighted by Crippen LogP contribution is 2.32. The van der Waals surface area contributed by atoms with E-state index in [-0.39, 0.29) is 0 Å². The molecule has 0 radical (unpaired) electrons. The highest BCUT2D eigenvalue weighted by atomic mass is 16.6. The maximum atomic E-state index is 12.0. The Morgan fingerprint density at radius 2 is 1.78 bits per heavy atom. The summed E-state index contributed by atoms with van der Waals surface area (Å²) in [5.74, 6) is 0.685. The minimum Gasteiger partial charge on any atom is -0.486 e. The molecule has 3 rings (SSSR count). The molecule has 0 bridgehead atoms. The fourth-order valence-corrected chi connectivity index (χ4v) is 2.44. The quantitative estimate of drug-likeness (QED) is 0.786. The molecule has 0 fully saturated rings. The van der Waals surface area contributed by atoms with Crippen LogP contribution in [0.25, 0.3) is 0 Å². The molecular weight excluding hydrogens is 350 g/mol. The third kappa shape index (κ3) is 5.13. The van der Waals surface area contributed by atoms with E-state index in [1.54, 1.807) is 37.3 Å². The molecule has 0 saturated heterocycles. The van der Waals surface area contributed by atoms with Gasteiger partial charge >= 0.3 is 5.97 Å². The highest BCUT2D eigenvalue weighted by molar-refractivity contribution is 5.93. The lowest BCUT2D eigenvalue weighted by Crippen LogP contribution is -2.29. The Hall–Kier alpha value is -3.22. The Morgan fingerprint density at radius 1 is 1.07 bits per heavy atom. The van der Waals surface area contributed by atoms with Crippen molar-refractivity contribution in [1.29, 1.82) is 0 Å². The van der Waals surface area contributed by atoms with Crippen molar-refractivity contribution in [1.82, 2.24) is 0 Å². The number of rotatable bonds is 6. The summed E-state index contributed by atoms with van der Waals surface area (Å²) in [6.45, 7) is 4.08. The molecule has 1 aliphatic heterocycles. The zero-order valence-electron chi connectivity index (χ0n) is 15.2. The normalized spacial score (nSPS) is 13.4. The molecule has 1 atom stereocenters. The molecule has 1 aliphatic rings. The van der Waals surface area contributed by atoms with Gasteiger partial charge in [0.25, 0.3) is 5.91 Å². The molecule has 0 spiro atoms. The third-order valence-corrected chi connectivity index (χ3v) is 3.84. The highest BCUT2D eigenvalue weighted by Gasteiger charge is 2.18. The molecule has 7 nitrogen and oxygen atoms in total. The van der Waals surface area contributed by atoms with Gasteiger partial charge in [0.05, 0.1) is 0 Å². The summed E-state index contributed by atoms with van der Waals surface area (Å²) in [6.07, 6.45) is -0.824. The number of aryl methyl sites for hydroxylation is 1. The zero-order chi connectivity index (χ0) is 19.2. The zero-order valence-corrected chi connectivity index (χ0v) is 15.2. The van der Waals surface area contributed by atoms with Crippen LogP contribution in [0.3, 0.4) is 0 Å². The van der Waals surface area contributed by atoms with Crippen LogP contribution in [0.1, 0.15) is 12.5 Å². The molecule has 1 heterocycles. The van der Waals surface area contributed by atoms with Crippen molar-refractivity contribution >= 4 is 17.6 Å². The van der Waals surface area contributed by atoms with Crippen molar-refractivity contribution in [2.24, 2.45) is 0 Å². The number of amides is 1. The number of esters is 1. The molecule has 1 N–H and O–H groups in total. The lowest BCUT2D eigenvalue weighted by Gasteiger charge is -2.19. The Bertz CT molecular complexity index is 818. The van der Waals surface area contributed by atoms with Crippen molar-refractivity contribution in [3.63, 3.8) is 0 Å². The summed E-state index contributed by atoms with van der Waals surface area (Å²) in [5, 5.41) is 2.65. The van der Waals surface area contributed by atoms with Gasteiger partial charge in [-0.2, -0.15) is 0 Å². The second kappa shape index (κ2) is 8.44. The maximum absolute atomic E-state index is 12.0. The average Bonchev–Trinajstić information content (AvgIpc) is 2.67. The van der Waals surface area contributed by atoms with E-state index in [0.717, 1.165) is 5.56 Å². The molecule has 0 aromatic heterocycles. The van der Waals surface area contributed by atoms with Gasteiger partial charge in [0.15, 0.2) is 24.2 Å². The standard InChI is InChI=1S/C20H21NO6/c1-13-3-6-16(7-4-13)27-14(2)20(23)26-12-19(22)21-15-5-8-17-18(11-15)25-10-9-24-17/h3-8,11,14H,9-10,12H2,1-2H3,(H,21,22). The van der Waals surface area contributed by atoms with Gasteiger partial charge in [0.1, 0.15) is 19.0 Å². The minimum absolute atomic E-state index is 0.408. The van der Waals surface area contributed by atoms with Crippen LogP contribution in [0, 0.1) is 6.92 Å². The van der Waals surface area contributed by atoms with Crippen LogP contribution in [0.4, 0.5) is 5.69 Å². The Kier molecular flexibility index (Phi) is 5.80. The smallest absolute Gasteiger partial charge is 0.347 e. The monoisotopic (exact) mass is 371 g/mol. The van der Waals surface area contributed by atoms with Crippen molar-refractivity contribution in [3.05, 3.63) is 48.0 Å². The first-order valence-electron chi connectivity index (χ1n) is 8.61. The number of nitrogens with one attached hydrogen (secondary N) is 1. The van der Waals surface area contributed by atoms with Crippen LogP contribution >= 0.6 is 0 Å². The predicted octanol–water partition coefficient (Wildman–Crippen LogP) is 2.72. The second-order valence-corrected chi connectivity index (χ2v) is 6.09. The van der Waals surface area contributed by atoms with Crippen LogP contribution in [0.2, 0.25) is 0 Å². The molecule has 0 saturated carbocycles. The van der Waals surface area contributed by atoms with Gasteiger partial charge in [-0.05, 0) is 38.1 Å². The number of fused-ring (bicyclic) bond motifs is 1. The predicted molar refractivity (Wildman–Crippen MR) is 98.3 cm³/mol. The topological polar surface area (TPSA) is 83.1 Å². The van der Waals surface area contributed by atoms with Crippen LogP contribution in [0.5, 0.6) is 17.2 Å². The maximum Gasteiger partial charge on any atom is 0.347 e. The molecule has 2 aromatic rings. The number of anilines is 1. The van der Waals surface area contributed by atoms with Crippen molar-refractivity contribution < 1.29 is 28.5 Å². The second-order valence-electron chi connectivity index (χ2n) is 6.09. The minimum atomic E-state index is -0.824. The molecule has 142 valence electrons. The van der Waals surface area contributed by atoms with E-state index in [9.17, 15) is 9.59 Å². The van der Waals surface area contributed by atoms with Crippen molar-refractivity contribution in [2.45, 2.75) is 20.0 Å². The first-order chi connectivity index (χ1) is 13.0. The van der Waals surface area contributed by atoms with Crippen molar-refractivity contribution in [2.75, 3.05) is 25.1 Å².